The molecule has 0 unspecified atom stereocenters. The molecule has 0 spiro atoms. The number of Topliss-reactive ketones (excluding diaryl/α,β-unsaturated/α-hetero) is 1. The Labute approximate surface area is 111 Å². The van der Waals surface area contributed by atoms with E-state index in [-0.39, 0.29) is 17.7 Å². The fourth-order valence-electron chi connectivity index (χ4n) is 1.63. The molecule has 2 N–H and O–H groups in total. The molecule has 9 heteroatoms. The van der Waals surface area contributed by atoms with Crippen LogP contribution >= 0.6 is 0 Å². The standard InChI is InChI=1S/C11H10F3N5O/c1-19-10(16-17-18-19)5-9(20)7-3-2-6(4-8(7)15)11(12,13)14/h2-4H,5,15H2,1H3. The number of halogens is 3. The lowest BCUT2D eigenvalue weighted by Crippen LogP contribution is -2.13. The van der Waals surface area contributed by atoms with E-state index in [0.717, 1.165) is 18.2 Å². The molecular weight excluding hydrogens is 275 g/mol. The minimum atomic E-state index is -4.50. The summed E-state index contributed by atoms with van der Waals surface area (Å²) in [5.74, 6) is -0.150. The molecule has 20 heavy (non-hydrogen) atoms. The third-order valence-corrected chi connectivity index (χ3v) is 2.71. The van der Waals surface area contributed by atoms with Gasteiger partial charge in [0.25, 0.3) is 0 Å². The number of alkyl halides is 3. The first kappa shape index (κ1) is 14.0. The van der Waals surface area contributed by atoms with Crippen LogP contribution in [0.5, 0.6) is 0 Å². The molecule has 0 bridgehead atoms. The van der Waals surface area contributed by atoms with Gasteiger partial charge in [0.2, 0.25) is 0 Å². The maximum atomic E-state index is 12.5. The van der Waals surface area contributed by atoms with Crippen molar-refractivity contribution in [2.24, 2.45) is 7.05 Å². The highest BCUT2D eigenvalue weighted by Gasteiger charge is 2.31. The molecule has 2 rings (SSSR count). The highest BCUT2D eigenvalue weighted by atomic mass is 19.4. The molecule has 1 aromatic carbocycles. The molecule has 0 saturated carbocycles. The highest BCUT2D eigenvalue weighted by molar-refractivity contribution is 6.01. The minimum absolute atomic E-state index is 0.0148. The number of carbonyl (C=O) groups excluding carboxylic acids is 1. The van der Waals surface area contributed by atoms with Crippen LogP contribution in [-0.4, -0.2) is 26.0 Å². The number of aryl methyl sites for hydroxylation is 1. The highest BCUT2D eigenvalue weighted by Crippen LogP contribution is 2.31. The van der Waals surface area contributed by atoms with Gasteiger partial charge in [-0.2, -0.15) is 13.2 Å². The van der Waals surface area contributed by atoms with Gasteiger partial charge in [-0.25, -0.2) is 4.68 Å². The topological polar surface area (TPSA) is 86.7 Å². The summed E-state index contributed by atoms with van der Waals surface area (Å²) in [6.45, 7) is 0. The first-order chi connectivity index (χ1) is 9.29. The Morgan fingerprint density at radius 1 is 1.40 bits per heavy atom. The van der Waals surface area contributed by atoms with Gasteiger partial charge in [-0.05, 0) is 28.6 Å². The Morgan fingerprint density at radius 2 is 2.10 bits per heavy atom. The van der Waals surface area contributed by atoms with Crippen molar-refractivity contribution in [2.75, 3.05) is 5.73 Å². The second kappa shape index (κ2) is 4.91. The Hall–Kier alpha value is -2.45. The SMILES string of the molecule is Cn1nnnc1CC(=O)c1ccc(C(F)(F)F)cc1N. The average Bonchev–Trinajstić information content (AvgIpc) is 2.73. The van der Waals surface area contributed by atoms with Gasteiger partial charge in [-0.1, -0.05) is 0 Å². The third kappa shape index (κ3) is 2.76. The Bertz CT molecular complexity index is 650. The van der Waals surface area contributed by atoms with E-state index in [1.54, 1.807) is 7.05 Å². The average molecular weight is 285 g/mol. The number of benzene rings is 1. The number of anilines is 1. The summed E-state index contributed by atoms with van der Waals surface area (Å²) in [5, 5.41) is 10.6. The van der Waals surface area contributed by atoms with Crippen molar-refractivity contribution in [3.63, 3.8) is 0 Å². The molecule has 0 saturated heterocycles. The summed E-state index contributed by atoms with van der Waals surface area (Å²) in [6.07, 6.45) is -4.64. The molecule has 2 aromatic rings. The van der Waals surface area contributed by atoms with E-state index in [9.17, 15) is 18.0 Å². The lowest BCUT2D eigenvalue weighted by molar-refractivity contribution is -0.137. The maximum absolute atomic E-state index is 12.5. The predicted octanol–water partition coefficient (Wildman–Crippen LogP) is 1.24. The summed E-state index contributed by atoms with van der Waals surface area (Å²) in [6, 6.07) is 2.62. The normalized spacial score (nSPS) is 11.6. The molecule has 106 valence electrons. The zero-order valence-corrected chi connectivity index (χ0v) is 10.3. The number of aromatic nitrogens is 4. The molecule has 0 fully saturated rings. The van der Waals surface area contributed by atoms with Crippen LogP contribution in [-0.2, 0) is 19.6 Å². The number of nitrogen functional groups attached to an aromatic ring is 1. The number of nitrogens with zero attached hydrogens (tertiary/aromatic N) is 4. The first-order valence-corrected chi connectivity index (χ1v) is 5.50. The largest absolute Gasteiger partial charge is 0.416 e. The van der Waals surface area contributed by atoms with Gasteiger partial charge in [-0.15, -0.1) is 5.10 Å². The number of rotatable bonds is 3. The second-order valence-corrected chi connectivity index (χ2v) is 4.12. The van der Waals surface area contributed by atoms with E-state index in [2.05, 4.69) is 15.5 Å². The molecule has 0 radical (unpaired) electrons. The van der Waals surface area contributed by atoms with E-state index in [1.165, 1.54) is 4.68 Å². The van der Waals surface area contributed by atoms with E-state index in [4.69, 9.17) is 5.73 Å². The molecule has 0 aliphatic carbocycles. The van der Waals surface area contributed by atoms with Gasteiger partial charge in [0, 0.05) is 18.3 Å². The summed E-state index contributed by atoms with van der Waals surface area (Å²) in [4.78, 5) is 12.0. The summed E-state index contributed by atoms with van der Waals surface area (Å²) < 4.78 is 38.8. The zero-order chi connectivity index (χ0) is 14.9. The quantitative estimate of drug-likeness (QED) is 0.677. The van der Waals surface area contributed by atoms with E-state index in [0.29, 0.717) is 5.82 Å². The molecule has 1 aromatic heterocycles. The molecule has 0 aliphatic rings. The Morgan fingerprint density at radius 3 is 2.60 bits per heavy atom. The van der Waals surface area contributed by atoms with Crippen molar-refractivity contribution >= 4 is 11.5 Å². The number of ketones is 1. The van der Waals surface area contributed by atoms with Gasteiger partial charge in [0.05, 0.1) is 12.0 Å². The third-order valence-electron chi connectivity index (χ3n) is 2.71. The maximum Gasteiger partial charge on any atom is 0.416 e. The predicted molar refractivity (Wildman–Crippen MR) is 62.7 cm³/mol. The van der Waals surface area contributed by atoms with Crippen LogP contribution in [0.1, 0.15) is 21.7 Å². The summed E-state index contributed by atoms with van der Waals surface area (Å²) in [5.41, 5.74) is 4.40. The van der Waals surface area contributed by atoms with Crippen LogP contribution in [0.25, 0.3) is 0 Å². The van der Waals surface area contributed by atoms with Gasteiger partial charge in [0.15, 0.2) is 11.6 Å². The number of tetrazole rings is 1. The smallest absolute Gasteiger partial charge is 0.398 e. The fourth-order valence-corrected chi connectivity index (χ4v) is 1.63. The monoisotopic (exact) mass is 285 g/mol. The van der Waals surface area contributed by atoms with Crippen LogP contribution in [0, 0.1) is 0 Å². The molecular formula is C11H10F3N5O. The van der Waals surface area contributed by atoms with Gasteiger partial charge in [-0.3, -0.25) is 4.79 Å². The van der Waals surface area contributed by atoms with E-state index in [1.807, 2.05) is 0 Å². The van der Waals surface area contributed by atoms with Gasteiger partial charge < -0.3 is 5.73 Å². The van der Waals surface area contributed by atoms with Crippen LogP contribution < -0.4 is 5.73 Å². The zero-order valence-electron chi connectivity index (χ0n) is 10.3. The van der Waals surface area contributed by atoms with Crippen LogP contribution in [0.4, 0.5) is 18.9 Å². The van der Waals surface area contributed by atoms with E-state index >= 15 is 0 Å². The van der Waals surface area contributed by atoms with Crippen molar-refractivity contribution in [1.82, 2.24) is 20.2 Å². The van der Waals surface area contributed by atoms with Crippen molar-refractivity contribution < 1.29 is 18.0 Å². The summed E-state index contributed by atoms with van der Waals surface area (Å²) in [7, 11) is 1.55. The molecule has 1 heterocycles. The van der Waals surface area contributed by atoms with Crippen molar-refractivity contribution in [3.05, 3.63) is 35.2 Å². The molecule has 0 atom stereocenters. The lowest BCUT2D eigenvalue weighted by atomic mass is 10.0. The second-order valence-electron chi connectivity index (χ2n) is 4.12. The molecule has 6 nitrogen and oxygen atoms in total. The first-order valence-electron chi connectivity index (χ1n) is 5.50. The Kier molecular flexibility index (Phi) is 3.43. The van der Waals surface area contributed by atoms with E-state index < -0.39 is 17.5 Å². The van der Waals surface area contributed by atoms with Crippen molar-refractivity contribution in [1.29, 1.82) is 0 Å². The summed E-state index contributed by atoms with van der Waals surface area (Å²) >= 11 is 0. The van der Waals surface area contributed by atoms with Crippen LogP contribution in [0.2, 0.25) is 0 Å². The van der Waals surface area contributed by atoms with Crippen LogP contribution in [0.3, 0.4) is 0 Å². The number of hydrogen-bond donors (Lipinski definition) is 1. The van der Waals surface area contributed by atoms with Crippen molar-refractivity contribution in [3.8, 4) is 0 Å². The molecule has 0 amide bonds. The van der Waals surface area contributed by atoms with Crippen LogP contribution in [0.15, 0.2) is 18.2 Å². The fraction of sp³-hybridized carbons (Fsp3) is 0.273. The lowest BCUT2D eigenvalue weighted by Gasteiger charge is -2.10. The number of hydrogen-bond acceptors (Lipinski definition) is 5. The van der Waals surface area contributed by atoms with Crippen molar-refractivity contribution in [2.45, 2.75) is 12.6 Å². The van der Waals surface area contributed by atoms with Gasteiger partial charge in [0.1, 0.15) is 0 Å². The number of nitrogens with two attached hydrogens (primary N) is 1. The minimum Gasteiger partial charge on any atom is -0.398 e. The van der Waals surface area contributed by atoms with Gasteiger partial charge >= 0.3 is 6.18 Å². The molecule has 0 aliphatic heterocycles. The Balaban J connectivity index is 2.25. The number of carbonyl (C=O) groups is 1.